The number of nitrogens with one attached hydrogen (secondary N) is 1. The number of benzene rings is 3. The first-order valence-electron chi connectivity index (χ1n) is 10.5. The van der Waals surface area contributed by atoms with Crippen molar-refractivity contribution in [1.82, 2.24) is 15.5 Å². The first kappa shape index (κ1) is 21.0. The molecule has 1 aliphatic rings. The predicted octanol–water partition coefficient (Wildman–Crippen LogP) is 6.05. The molecule has 7 heteroatoms. The number of thiocarbonyl (C=S) groups is 1. The van der Waals surface area contributed by atoms with Crippen molar-refractivity contribution in [3.63, 3.8) is 0 Å². The average Bonchev–Trinajstić information content (AvgIpc) is 3.30. The Kier molecular flexibility index (Phi) is 5.48. The molecule has 5 nitrogen and oxygen atoms in total. The maximum Gasteiger partial charge on any atom is 0.258 e. The van der Waals surface area contributed by atoms with Gasteiger partial charge in [-0.1, -0.05) is 71.4 Å². The van der Waals surface area contributed by atoms with Crippen molar-refractivity contribution in [2.24, 2.45) is 0 Å². The van der Waals surface area contributed by atoms with E-state index in [0.717, 1.165) is 28.0 Å². The molecule has 5 rings (SSSR count). The van der Waals surface area contributed by atoms with E-state index in [2.05, 4.69) is 34.7 Å². The van der Waals surface area contributed by atoms with Gasteiger partial charge in [0.25, 0.3) is 5.89 Å². The van der Waals surface area contributed by atoms with Gasteiger partial charge in [-0.25, -0.2) is 4.39 Å². The lowest BCUT2D eigenvalue weighted by molar-refractivity contribution is 0.404. The fourth-order valence-electron chi connectivity index (χ4n) is 3.99. The molecule has 4 aromatic rings. The fourth-order valence-corrected chi connectivity index (χ4v) is 4.35. The van der Waals surface area contributed by atoms with E-state index in [0.29, 0.717) is 22.5 Å². The summed E-state index contributed by atoms with van der Waals surface area (Å²) in [6, 6.07) is 23.9. The van der Waals surface area contributed by atoms with Gasteiger partial charge in [0.15, 0.2) is 5.11 Å². The van der Waals surface area contributed by atoms with Gasteiger partial charge in [-0.2, -0.15) is 4.98 Å². The van der Waals surface area contributed by atoms with Crippen LogP contribution in [0.4, 0.5) is 10.1 Å². The zero-order valence-corrected chi connectivity index (χ0v) is 18.9. The Hall–Kier alpha value is -3.84. The van der Waals surface area contributed by atoms with Gasteiger partial charge in [-0.15, -0.1) is 0 Å². The summed E-state index contributed by atoms with van der Waals surface area (Å²) in [5.74, 6) is 0.543. The molecule has 1 atom stereocenters. The number of rotatable bonds is 4. The van der Waals surface area contributed by atoms with E-state index in [-0.39, 0.29) is 11.9 Å². The maximum atomic E-state index is 14.0. The highest BCUT2D eigenvalue weighted by Crippen LogP contribution is 2.39. The summed E-state index contributed by atoms with van der Waals surface area (Å²) < 4.78 is 19.8. The minimum absolute atomic E-state index is 0.299. The highest BCUT2D eigenvalue weighted by molar-refractivity contribution is 7.80. The van der Waals surface area contributed by atoms with Crippen molar-refractivity contribution in [1.29, 1.82) is 0 Å². The second-order valence-corrected chi connectivity index (χ2v) is 8.28. The Morgan fingerprint density at radius 1 is 0.970 bits per heavy atom. The third kappa shape index (κ3) is 4.03. The zero-order chi connectivity index (χ0) is 22.9. The topological polar surface area (TPSA) is 54.2 Å². The van der Waals surface area contributed by atoms with E-state index >= 15 is 0 Å². The number of nitrogens with zero attached hydrogens (tertiary/aromatic N) is 3. The molecule has 1 unspecified atom stereocenters. The Balaban J connectivity index is 1.66. The van der Waals surface area contributed by atoms with Gasteiger partial charge >= 0.3 is 0 Å². The highest BCUT2D eigenvalue weighted by atomic mass is 32.1. The normalized spacial score (nSPS) is 16.2. The summed E-state index contributed by atoms with van der Waals surface area (Å²) in [5, 5.41) is 8.08. The molecule has 3 aromatic carbocycles. The zero-order valence-electron chi connectivity index (χ0n) is 18.1. The largest absolute Gasteiger partial charge is 0.351 e. The Morgan fingerprint density at radius 3 is 2.45 bits per heavy atom. The fraction of sp³-hybridized carbons (Fsp3) is 0.115. The Bertz CT molecular complexity index is 1350. The van der Waals surface area contributed by atoms with Crippen LogP contribution in [0.3, 0.4) is 0 Å². The summed E-state index contributed by atoms with van der Waals surface area (Å²) in [7, 11) is 0. The molecule has 1 aliphatic heterocycles. The molecule has 0 saturated heterocycles. The van der Waals surface area contributed by atoms with Crippen LogP contribution in [0.2, 0.25) is 0 Å². The van der Waals surface area contributed by atoms with Gasteiger partial charge in [0, 0.05) is 11.3 Å². The molecule has 33 heavy (non-hydrogen) atoms. The Morgan fingerprint density at radius 2 is 1.73 bits per heavy atom. The quantitative estimate of drug-likeness (QED) is 0.377. The number of hydrogen-bond donors (Lipinski definition) is 1. The molecule has 164 valence electrons. The maximum absolute atomic E-state index is 14.0. The van der Waals surface area contributed by atoms with Crippen molar-refractivity contribution in [3.05, 3.63) is 107 Å². The molecule has 1 N–H and O–H groups in total. The van der Waals surface area contributed by atoms with Crippen molar-refractivity contribution < 1.29 is 8.91 Å². The number of hydrogen-bond acceptors (Lipinski definition) is 4. The van der Waals surface area contributed by atoms with Crippen molar-refractivity contribution >= 4 is 28.6 Å². The molecule has 0 spiro atoms. The number of aryl methyl sites for hydroxylation is 1. The smallest absolute Gasteiger partial charge is 0.258 e. The molecule has 0 amide bonds. The van der Waals surface area contributed by atoms with Gasteiger partial charge in [0.1, 0.15) is 5.82 Å². The van der Waals surface area contributed by atoms with Gasteiger partial charge in [0.2, 0.25) is 5.82 Å². The van der Waals surface area contributed by atoms with Crippen LogP contribution in [-0.4, -0.2) is 15.3 Å². The second-order valence-electron chi connectivity index (χ2n) is 7.90. The molecule has 0 bridgehead atoms. The van der Waals surface area contributed by atoms with Gasteiger partial charge in [0.05, 0.1) is 17.3 Å². The molecule has 0 aliphatic carbocycles. The first-order chi connectivity index (χ1) is 16.0. The lowest BCUT2D eigenvalue weighted by atomic mass is 9.94. The molecule has 1 aromatic heterocycles. The molecule has 0 radical (unpaired) electrons. The van der Waals surface area contributed by atoms with Crippen LogP contribution >= 0.6 is 12.2 Å². The van der Waals surface area contributed by atoms with Crippen LogP contribution in [0.25, 0.3) is 17.0 Å². The molecule has 0 fully saturated rings. The summed E-state index contributed by atoms with van der Waals surface area (Å²) in [6.07, 6.45) is 0. The number of aromatic nitrogens is 2. The minimum atomic E-state index is -0.338. The Labute approximate surface area is 196 Å². The summed E-state index contributed by atoms with van der Waals surface area (Å²) in [6.45, 7) is 3.97. The van der Waals surface area contributed by atoms with E-state index in [1.807, 2.05) is 50.2 Å². The van der Waals surface area contributed by atoms with Crippen LogP contribution in [0.1, 0.15) is 30.0 Å². The number of halogens is 1. The molecular formula is C26H21FN4OS. The van der Waals surface area contributed by atoms with Crippen molar-refractivity contribution in [3.8, 4) is 11.4 Å². The van der Waals surface area contributed by atoms with Crippen LogP contribution in [-0.2, 0) is 0 Å². The highest BCUT2D eigenvalue weighted by Gasteiger charge is 2.34. The van der Waals surface area contributed by atoms with E-state index in [4.69, 9.17) is 21.7 Å². The predicted molar refractivity (Wildman–Crippen MR) is 131 cm³/mol. The summed E-state index contributed by atoms with van der Waals surface area (Å²) in [5.41, 5.74) is 5.22. The molecule has 2 heterocycles. The minimum Gasteiger partial charge on any atom is -0.351 e. The second kappa shape index (κ2) is 8.60. The lowest BCUT2D eigenvalue weighted by Gasteiger charge is -2.37. The average molecular weight is 457 g/mol. The van der Waals surface area contributed by atoms with Crippen LogP contribution in [0, 0.1) is 12.7 Å². The van der Waals surface area contributed by atoms with E-state index in [1.165, 1.54) is 12.1 Å². The first-order valence-corrected chi connectivity index (χ1v) is 10.9. The van der Waals surface area contributed by atoms with Gasteiger partial charge in [-0.05, 0) is 49.8 Å². The van der Waals surface area contributed by atoms with E-state index in [9.17, 15) is 4.39 Å². The SMILES string of the molecule is CC1=C(c2nc(-c3ccccc3)no2)C(c2ccc(C)cc2)NC(=S)N1c1cccc(F)c1. The number of anilines is 1. The van der Waals surface area contributed by atoms with E-state index in [1.54, 1.807) is 11.0 Å². The third-order valence-electron chi connectivity index (χ3n) is 5.65. The standard InChI is InChI=1S/C26H21FN4OS/c1-16-11-13-18(14-12-16)23-22(25-29-24(30-32-25)19-7-4-3-5-8-19)17(2)31(26(33)28-23)21-10-6-9-20(27)15-21/h3-15,23H,1-2H3,(H,28,33). The molecular weight excluding hydrogens is 435 g/mol. The van der Waals surface area contributed by atoms with Crippen LogP contribution in [0.5, 0.6) is 0 Å². The van der Waals surface area contributed by atoms with Crippen LogP contribution < -0.4 is 10.2 Å². The van der Waals surface area contributed by atoms with E-state index < -0.39 is 0 Å². The third-order valence-corrected chi connectivity index (χ3v) is 5.95. The van der Waals surface area contributed by atoms with Gasteiger partial charge < -0.3 is 9.84 Å². The summed E-state index contributed by atoms with van der Waals surface area (Å²) in [4.78, 5) is 6.50. The molecule has 0 saturated carbocycles. The van der Waals surface area contributed by atoms with Gasteiger partial charge in [-0.3, -0.25) is 4.90 Å². The lowest BCUT2D eigenvalue weighted by Crippen LogP contribution is -2.46. The summed E-state index contributed by atoms with van der Waals surface area (Å²) >= 11 is 5.71. The monoisotopic (exact) mass is 456 g/mol. The number of allylic oxidation sites excluding steroid dienone is 1. The van der Waals surface area contributed by atoms with Crippen molar-refractivity contribution in [2.75, 3.05) is 4.90 Å². The van der Waals surface area contributed by atoms with Crippen molar-refractivity contribution in [2.45, 2.75) is 19.9 Å². The van der Waals surface area contributed by atoms with Crippen LogP contribution in [0.15, 0.2) is 89.1 Å².